The summed E-state index contributed by atoms with van der Waals surface area (Å²) in [5.41, 5.74) is 7.11. The van der Waals surface area contributed by atoms with Crippen molar-refractivity contribution in [3.63, 3.8) is 0 Å². The highest BCUT2D eigenvalue weighted by molar-refractivity contribution is 7.09. The van der Waals surface area contributed by atoms with Gasteiger partial charge in [-0.05, 0) is 13.3 Å². The first-order valence-corrected chi connectivity index (χ1v) is 6.93. The van der Waals surface area contributed by atoms with Crippen LogP contribution in [0.5, 0.6) is 0 Å². The Morgan fingerprint density at radius 3 is 3.00 bits per heavy atom. The first kappa shape index (κ1) is 13.6. The van der Waals surface area contributed by atoms with E-state index in [0.29, 0.717) is 0 Å². The summed E-state index contributed by atoms with van der Waals surface area (Å²) >= 11 is 1.69. The van der Waals surface area contributed by atoms with Gasteiger partial charge < -0.3 is 10.5 Å². The molecule has 0 spiro atoms. The Kier molecular flexibility index (Phi) is 6.61. The van der Waals surface area contributed by atoms with Crippen LogP contribution in [0.3, 0.4) is 0 Å². The van der Waals surface area contributed by atoms with Gasteiger partial charge in [0.15, 0.2) is 0 Å². The molecule has 1 aromatic heterocycles. The van der Waals surface area contributed by atoms with Crippen LogP contribution in [0.25, 0.3) is 0 Å². The zero-order chi connectivity index (χ0) is 11.8. The van der Waals surface area contributed by atoms with Crippen molar-refractivity contribution in [1.29, 1.82) is 0 Å². The number of hydrogen-bond donors (Lipinski definition) is 1. The number of hydrogen-bond acceptors (Lipinski definition) is 4. The van der Waals surface area contributed by atoms with Gasteiger partial charge >= 0.3 is 0 Å². The van der Waals surface area contributed by atoms with E-state index in [-0.39, 0.29) is 6.04 Å². The van der Waals surface area contributed by atoms with E-state index in [4.69, 9.17) is 10.5 Å². The highest BCUT2D eigenvalue weighted by Crippen LogP contribution is 2.19. The third-order valence-corrected chi connectivity index (χ3v) is 3.41. The molecule has 0 aliphatic heterocycles. The molecule has 1 heterocycles. The van der Waals surface area contributed by atoms with Gasteiger partial charge in [-0.15, -0.1) is 11.3 Å². The Hall–Kier alpha value is -0.450. The van der Waals surface area contributed by atoms with Crippen molar-refractivity contribution in [2.75, 3.05) is 13.2 Å². The second-order valence-corrected chi connectivity index (χ2v) is 4.80. The number of nitrogens with zero attached hydrogens (tertiary/aromatic N) is 1. The maximum Gasteiger partial charge on any atom is 0.0951 e. The fraction of sp³-hybridized carbons (Fsp3) is 0.750. The van der Waals surface area contributed by atoms with E-state index in [9.17, 15) is 0 Å². The second kappa shape index (κ2) is 7.76. The molecule has 92 valence electrons. The smallest absolute Gasteiger partial charge is 0.0951 e. The van der Waals surface area contributed by atoms with E-state index in [0.717, 1.165) is 36.8 Å². The van der Waals surface area contributed by atoms with E-state index >= 15 is 0 Å². The predicted octanol–water partition coefficient (Wildman–Crippen LogP) is 2.91. The maximum absolute atomic E-state index is 6.06. The Morgan fingerprint density at radius 1 is 1.50 bits per heavy atom. The SMILES string of the molecule is CCCCC(N)c1csc(CCOCC)n1. The summed E-state index contributed by atoms with van der Waals surface area (Å²) in [6.45, 7) is 5.72. The van der Waals surface area contributed by atoms with Gasteiger partial charge in [0, 0.05) is 24.4 Å². The number of nitrogens with two attached hydrogens (primary N) is 1. The normalized spacial score (nSPS) is 12.9. The fourth-order valence-electron chi connectivity index (χ4n) is 1.49. The van der Waals surface area contributed by atoms with E-state index in [1.165, 1.54) is 12.8 Å². The van der Waals surface area contributed by atoms with E-state index in [1.807, 2.05) is 6.92 Å². The monoisotopic (exact) mass is 242 g/mol. The summed E-state index contributed by atoms with van der Waals surface area (Å²) in [6, 6.07) is 0.108. The second-order valence-electron chi connectivity index (χ2n) is 3.86. The largest absolute Gasteiger partial charge is 0.381 e. The zero-order valence-corrected chi connectivity index (χ0v) is 11.1. The molecule has 4 heteroatoms. The third kappa shape index (κ3) is 4.60. The van der Waals surface area contributed by atoms with Gasteiger partial charge in [0.1, 0.15) is 0 Å². The van der Waals surface area contributed by atoms with E-state index in [1.54, 1.807) is 11.3 Å². The molecule has 0 aromatic carbocycles. The Bertz CT molecular complexity index is 288. The average Bonchev–Trinajstić information content (AvgIpc) is 2.75. The standard InChI is InChI=1S/C12H22N2OS/c1-3-5-6-10(13)11-9-16-12(14-11)7-8-15-4-2/h9-10H,3-8,13H2,1-2H3. The number of unbranched alkanes of at least 4 members (excludes halogenated alkanes) is 1. The van der Waals surface area contributed by atoms with Crippen LogP contribution in [-0.4, -0.2) is 18.2 Å². The van der Waals surface area contributed by atoms with Crippen LogP contribution in [0, 0.1) is 0 Å². The minimum absolute atomic E-state index is 0.108. The summed E-state index contributed by atoms with van der Waals surface area (Å²) in [7, 11) is 0. The molecule has 1 atom stereocenters. The summed E-state index contributed by atoms with van der Waals surface area (Å²) in [4.78, 5) is 4.55. The molecule has 16 heavy (non-hydrogen) atoms. The van der Waals surface area contributed by atoms with Crippen LogP contribution in [0.2, 0.25) is 0 Å². The predicted molar refractivity (Wildman–Crippen MR) is 68.8 cm³/mol. The van der Waals surface area contributed by atoms with Crippen molar-refractivity contribution in [2.45, 2.75) is 45.6 Å². The van der Waals surface area contributed by atoms with E-state index in [2.05, 4.69) is 17.3 Å². The van der Waals surface area contributed by atoms with E-state index < -0.39 is 0 Å². The van der Waals surface area contributed by atoms with Crippen molar-refractivity contribution in [3.8, 4) is 0 Å². The number of thiazole rings is 1. The molecule has 1 unspecified atom stereocenters. The highest BCUT2D eigenvalue weighted by atomic mass is 32.1. The lowest BCUT2D eigenvalue weighted by atomic mass is 10.1. The topological polar surface area (TPSA) is 48.1 Å². The van der Waals surface area contributed by atoms with Gasteiger partial charge in [0.05, 0.1) is 17.3 Å². The molecule has 0 saturated carbocycles. The van der Waals surface area contributed by atoms with Crippen molar-refractivity contribution in [1.82, 2.24) is 4.98 Å². The van der Waals surface area contributed by atoms with Crippen molar-refractivity contribution >= 4 is 11.3 Å². The van der Waals surface area contributed by atoms with Crippen LogP contribution < -0.4 is 5.73 Å². The molecule has 0 fully saturated rings. The third-order valence-electron chi connectivity index (χ3n) is 2.48. The van der Waals surface area contributed by atoms with Crippen molar-refractivity contribution in [2.24, 2.45) is 5.73 Å². The molecule has 0 aliphatic rings. The molecule has 2 N–H and O–H groups in total. The van der Waals surface area contributed by atoms with Gasteiger partial charge in [-0.1, -0.05) is 19.8 Å². The van der Waals surface area contributed by atoms with Crippen molar-refractivity contribution < 1.29 is 4.74 Å². The van der Waals surface area contributed by atoms with Crippen LogP contribution >= 0.6 is 11.3 Å². The van der Waals surface area contributed by atoms with Gasteiger partial charge in [-0.3, -0.25) is 0 Å². The fourth-order valence-corrected chi connectivity index (χ4v) is 2.33. The highest BCUT2D eigenvalue weighted by Gasteiger charge is 2.09. The Balaban J connectivity index is 2.37. The average molecular weight is 242 g/mol. The molecule has 0 saturated heterocycles. The molecule has 0 amide bonds. The van der Waals surface area contributed by atoms with Crippen molar-refractivity contribution in [3.05, 3.63) is 16.1 Å². The molecule has 1 aromatic rings. The lowest BCUT2D eigenvalue weighted by molar-refractivity contribution is 0.151. The number of aromatic nitrogens is 1. The molecule has 3 nitrogen and oxygen atoms in total. The first-order chi connectivity index (χ1) is 7.77. The summed E-state index contributed by atoms with van der Waals surface area (Å²) in [5, 5.41) is 3.22. The Morgan fingerprint density at radius 2 is 2.31 bits per heavy atom. The summed E-state index contributed by atoms with van der Waals surface area (Å²) in [6.07, 6.45) is 4.30. The van der Waals surface area contributed by atoms with Crippen LogP contribution in [0.1, 0.15) is 49.9 Å². The van der Waals surface area contributed by atoms with Gasteiger partial charge in [-0.25, -0.2) is 4.98 Å². The molecular formula is C12H22N2OS. The number of ether oxygens (including phenoxy) is 1. The minimum atomic E-state index is 0.108. The first-order valence-electron chi connectivity index (χ1n) is 6.05. The zero-order valence-electron chi connectivity index (χ0n) is 10.2. The van der Waals surface area contributed by atoms with Gasteiger partial charge in [-0.2, -0.15) is 0 Å². The van der Waals surface area contributed by atoms with Crippen LogP contribution in [0.15, 0.2) is 5.38 Å². The quantitative estimate of drug-likeness (QED) is 0.713. The molecule has 0 aliphatic carbocycles. The number of rotatable bonds is 8. The summed E-state index contributed by atoms with van der Waals surface area (Å²) < 4.78 is 5.31. The molecule has 0 bridgehead atoms. The molecule has 1 rings (SSSR count). The lowest BCUT2D eigenvalue weighted by Gasteiger charge is -2.06. The summed E-state index contributed by atoms with van der Waals surface area (Å²) in [5.74, 6) is 0. The lowest BCUT2D eigenvalue weighted by Crippen LogP contribution is -2.10. The van der Waals surface area contributed by atoms with Crippen LogP contribution in [0.4, 0.5) is 0 Å². The van der Waals surface area contributed by atoms with Crippen LogP contribution in [-0.2, 0) is 11.2 Å². The molecule has 0 radical (unpaired) electrons. The molecular weight excluding hydrogens is 220 g/mol. The maximum atomic E-state index is 6.06. The van der Waals surface area contributed by atoms with Gasteiger partial charge in [0.2, 0.25) is 0 Å². The minimum Gasteiger partial charge on any atom is -0.381 e. The Labute approximate surface area is 102 Å². The van der Waals surface area contributed by atoms with Gasteiger partial charge in [0.25, 0.3) is 0 Å².